The fraction of sp³-hybridized carbons (Fsp3) is 0.568. The van der Waals surface area contributed by atoms with Crippen molar-refractivity contribution in [3.63, 3.8) is 0 Å². The molecule has 84 heavy (non-hydrogen) atoms. The molecule has 0 spiro atoms. The van der Waals surface area contributed by atoms with Gasteiger partial charge in [0.2, 0.25) is 0 Å². The van der Waals surface area contributed by atoms with Crippen LogP contribution in [0.3, 0.4) is 0 Å². The molecule has 3 aromatic carbocycles. The third-order valence-corrected chi connectivity index (χ3v) is 22.4. The fourth-order valence-electron chi connectivity index (χ4n) is 12.2. The summed E-state index contributed by atoms with van der Waals surface area (Å²) in [6.45, 7) is 15.2. The molecule has 5 aromatic heterocycles. The van der Waals surface area contributed by atoms with E-state index >= 15 is 0 Å². The van der Waals surface area contributed by atoms with Crippen LogP contribution in [0.2, 0.25) is 0 Å². The monoisotopic (exact) mass is 1250 g/mol. The molecule has 5 heterocycles. The van der Waals surface area contributed by atoms with Crippen LogP contribution in [0.5, 0.6) is 11.5 Å². The number of aromatic nitrogens is 4. The van der Waals surface area contributed by atoms with Crippen LogP contribution < -0.4 is 9.47 Å². The molecule has 0 N–H and O–H groups in total. The van der Waals surface area contributed by atoms with Crippen LogP contribution in [0.1, 0.15) is 242 Å². The molecule has 454 valence electrons. The normalized spacial score (nSPS) is 12.5. The number of hydrogen-bond donors (Lipinski definition) is 0. The number of ether oxygens (including phenoxy) is 2. The Morgan fingerprint density at radius 2 is 0.750 bits per heavy atom. The molecule has 0 aliphatic rings. The summed E-state index contributed by atoms with van der Waals surface area (Å²) in [7, 11) is 0. The second-order valence-electron chi connectivity index (χ2n) is 24.4. The van der Waals surface area contributed by atoms with E-state index in [1.807, 2.05) is 11.3 Å². The standard InChI is InChI=1S/C74H102N4O2S3Se/c1-7-11-15-19-23-25-29-33-37-57(35-31-27-21-17-13-9-3)53-79-61-45-41-59(42-46-61)69-70(60-43-47-62(48-44-60)80-54-58(36-32-28-22-18-14-10-4)38-34-30-26-24-20-16-12-8-2)76-72-68(65-51-50-63(82-65)66-52-40-56(6)84-66)74-73(77-83-78-74)67(71(72)75-69)64-49-39-55(5)81-64/h39-52,57-58H,7-38,53-54H2,1-6H3. The first-order chi connectivity index (χ1) is 41.4. The Bertz CT molecular complexity index is 3100. The molecule has 8 rings (SSSR count). The summed E-state index contributed by atoms with van der Waals surface area (Å²) in [4.78, 5) is 16.5. The van der Waals surface area contributed by atoms with Gasteiger partial charge in [0, 0.05) is 0 Å². The maximum atomic E-state index is 6.77. The number of nitrogens with zero attached hydrogens (tertiary/aromatic N) is 4. The van der Waals surface area contributed by atoms with Crippen LogP contribution in [0.25, 0.3) is 74.8 Å². The Kier molecular flexibility index (Phi) is 28.9. The van der Waals surface area contributed by atoms with Crippen molar-refractivity contribution in [3.05, 3.63) is 94.2 Å². The van der Waals surface area contributed by atoms with Crippen LogP contribution in [0, 0.1) is 25.7 Å². The minimum atomic E-state index is 0.325. The van der Waals surface area contributed by atoms with Crippen LogP contribution in [-0.2, 0) is 0 Å². The summed E-state index contributed by atoms with van der Waals surface area (Å²) in [5.74, 6) is 2.98. The van der Waals surface area contributed by atoms with Gasteiger partial charge < -0.3 is 9.47 Å². The molecule has 0 saturated carbocycles. The summed E-state index contributed by atoms with van der Waals surface area (Å²) in [6.07, 6.45) is 42.6. The average molecular weight is 1250 g/mol. The van der Waals surface area contributed by atoms with Crippen molar-refractivity contribution in [1.29, 1.82) is 0 Å². The molecule has 8 aromatic rings. The number of thiophene rings is 2. The summed E-state index contributed by atoms with van der Waals surface area (Å²) >= 11 is 5.22. The maximum absolute atomic E-state index is 6.77. The second-order valence-corrected chi connectivity index (χ2v) is 30.0. The Balaban J connectivity index is 1.10. The third-order valence-electron chi connectivity index (χ3n) is 17.2. The Morgan fingerprint density at radius 3 is 1.12 bits per heavy atom. The quantitative estimate of drug-likeness (QED) is 0.0280. The zero-order valence-electron chi connectivity index (χ0n) is 52.5. The zero-order valence-corrected chi connectivity index (χ0v) is 56.7. The molecule has 0 saturated heterocycles. The number of benzene rings is 3. The first kappa shape index (κ1) is 65.8. The number of hydrogen-bond acceptors (Lipinski definition) is 9. The van der Waals surface area contributed by atoms with Gasteiger partial charge in [-0.15, -0.1) is 0 Å². The van der Waals surface area contributed by atoms with Gasteiger partial charge in [0.15, 0.2) is 0 Å². The van der Waals surface area contributed by atoms with Gasteiger partial charge in [0.05, 0.1) is 13.2 Å². The Hall–Kier alpha value is -4.18. The van der Waals surface area contributed by atoms with Crippen molar-refractivity contribution < 1.29 is 9.47 Å². The van der Waals surface area contributed by atoms with Gasteiger partial charge in [-0.3, -0.25) is 0 Å². The molecule has 0 amide bonds. The van der Waals surface area contributed by atoms with E-state index in [0.717, 1.165) is 90.2 Å². The van der Waals surface area contributed by atoms with E-state index in [1.165, 1.54) is 236 Å². The van der Waals surface area contributed by atoms with Gasteiger partial charge in [-0.25, -0.2) is 0 Å². The van der Waals surface area contributed by atoms with Gasteiger partial charge in [-0.05, 0) is 37.5 Å². The molecule has 0 aliphatic heterocycles. The average Bonchev–Trinajstić information content (AvgIpc) is 1.87. The van der Waals surface area contributed by atoms with E-state index in [4.69, 9.17) is 28.2 Å². The Morgan fingerprint density at radius 1 is 0.381 bits per heavy atom. The number of aryl methyl sites for hydroxylation is 2. The van der Waals surface area contributed by atoms with Gasteiger partial charge in [-0.1, -0.05) is 207 Å². The first-order valence-electron chi connectivity index (χ1n) is 33.6. The van der Waals surface area contributed by atoms with Crippen molar-refractivity contribution in [2.45, 2.75) is 247 Å². The van der Waals surface area contributed by atoms with Crippen molar-refractivity contribution in [1.82, 2.24) is 18.7 Å². The predicted octanol–water partition coefficient (Wildman–Crippen LogP) is 24.3. The van der Waals surface area contributed by atoms with Gasteiger partial charge in [0.25, 0.3) is 0 Å². The van der Waals surface area contributed by atoms with Gasteiger partial charge in [0.1, 0.15) is 5.75 Å². The van der Waals surface area contributed by atoms with E-state index in [0.29, 0.717) is 26.3 Å². The molecular formula is C74H102N4O2S3Se. The summed E-state index contributed by atoms with van der Waals surface area (Å²) in [6, 6.07) is 31.1. The third kappa shape index (κ3) is 20.2. The van der Waals surface area contributed by atoms with Crippen molar-refractivity contribution in [2.24, 2.45) is 11.8 Å². The summed E-state index contributed by atoms with van der Waals surface area (Å²) in [5, 5.41) is 0. The molecule has 0 bridgehead atoms. The molecular weight excluding hydrogens is 1150 g/mol. The van der Waals surface area contributed by atoms with Crippen molar-refractivity contribution >= 4 is 71.0 Å². The van der Waals surface area contributed by atoms with Crippen LogP contribution in [0.4, 0.5) is 0 Å². The molecule has 2 unspecified atom stereocenters. The second kappa shape index (κ2) is 36.8. The molecule has 0 fully saturated rings. The number of rotatable bonds is 43. The molecule has 0 aliphatic carbocycles. The van der Waals surface area contributed by atoms with E-state index < -0.39 is 0 Å². The van der Waals surface area contributed by atoms with E-state index in [2.05, 4.69) is 126 Å². The number of fused-ring (bicyclic) bond motifs is 2. The predicted molar refractivity (Wildman–Crippen MR) is 368 cm³/mol. The molecule has 0 radical (unpaired) electrons. The fourth-order valence-corrected chi connectivity index (χ4v) is 16.7. The first-order valence-corrected chi connectivity index (χ1v) is 37.6. The number of unbranched alkanes of at least 4 members (excludes halogenated alkanes) is 24. The molecule has 6 nitrogen and oxygen atoms in total. The zero-order chi connectivity index (χ0) is 58.6. The minimum absolute atomic E-state index is 0.325. The topological polar surface area (TPSA) is 70.0 Å². The van der Waals surface area contributed by atoms with Crippen molar-refractivity contribution in [3.8, 4) is 64.2 Å². The summed E-state index contributed by atoms with van der Waals surface area (Å²) < 4.78 is 26.6. The van der Waals surface area contributed by atoms with Crippen LogP contribution in [0.15, 0.2) is 84.9 Å². The van der Waals surface area contributed by atoms with E-state index in [1.54, 1.807) is 11.3 Å². The van der Waals surface area contributed by atoms with Crippen LogP contribution >= 0.6 is 34.4 Å². The van der Waals surface area contributed by atoms with Crippen molar-refractivity contribution in [2.75, 3.05) is 13.2 Å². The summed E-state index contributed by atoms with van der Waals surface area (Å²) in [5.41, 5.74) is 9.22. The van der Waals surface area contributed by atoms with Gasteiger partial charge >= 0.3 is 256 Å². The van der Waals surface area contributed by atoms with Crippen LogP contribution in [-0.4, -0.2) is 46.4 Å². The molecule has 10 heteroatoms. The van der Waals surface area contributed by atoms with E-state index in [9.17, 15) is 0 Å². The molecule has 2 atom stereocenters. The Labute approximate surface area is 525 Å². The van der Waals surface area contributed by atoms with Gasteiger partial charge in [-0.2, -0.15) is 0 Å². The van der Waals surface area contributed by atoms with E-state index in [-0.39, 0.29) is 0 Å². The SMILES string of the molecule is CCCCCCCCCCC(CCCCCCCC)COc1ccc(-c2nc3c(-c4ccc(C)s4)c4nsnc4c(-c4ccc(-c5ccc(C)[se]5)s4)c3nc2-c2ccc(OCC(CCCCCCCC)CCCCCCCCCC)cc2)cc1.